The van der Waals surface area contributed by atoms with Crippen LogP contribution in [0.2, 0.25) is 10.0 Å². The van der Waals surface area contributed by atoms with E-state index in [0.29, 0.717) is 23.1 Å². The number of halogens is 2. The molecule has 0 aliphatic carbocycles. The summed E-state index contributed by atoms with van der Waals surface area (Å²) in [5, 5.41) is 0.634. The summed E-state index contributed by atoms with van der Waals surface area (Å²) in [5.74, 6) is 0. The maximum absolute atomic E-state index is 13.2. The average Bonchev–Trinajstić information content (AvgIpc) is 2.62. The molecule has 1 heterocycles. The van der Waals surface area contributed by atoms with Crippen molar-refractivity contribution in [1.29, 1.82) is 0 Å². The Morgan fingerprint density at radius 1 is 1.04 bits per heavy atom. The number of nitrogens with zero attached hydrogens (tertiary/aromatic N) is 1. The van der Waals surface area contributed by atoms with Gasteiger partial charge in [-0.1, -0.05) is 60.8 Å². The van der Waals surface area contributed by atoms with E-state index in [2.05, 4.69) is 32.0 Å². The zero-order valence-electron chi connectivity index (χ0n) is 14.5. The van der Waals surface area contributed by atoms with Gasteiger partial charge in [0.1, 0.15) is 0 Å². The van der Waals surface area contributed by atoms with Crippen molar-refractivity contribution in [2.75, 3.05) is 6.54 Å². The highest BCUT2D eigenvalue weighted by atomic mass is 35.5. The molecule has 3 nitrogen and oxygen atoms in total. The highest BCUT2D eigenvalue weighted by Crippen LogP contribution is 2.36. The standard InChI is InChI=1S/C19H21Cl2NO2S/c1-13-4-5-18-14(8-13)12-22(7-6-19(18,2)3)25(23,24)17-10-15(20)9-16(21)11-17/h4-5,8-11H,6-7,12H2,1-3H3. The summed E-state index contributed by atoms with van der Waals surface area (Å²) >= 11 is 12.0. The Balaban J connectivity index is 2.06. The predicted molar refractivity (Wildman–Crippen MR) is 103 cm³/mol. The summed E-state index contributed by atoms with van der Waals surface area (Å²) in [5.41, 5.74) is 3.30. The van der Waals surface area contributed by atoms with Gasteiger partial charge in [-0.3, -0.25) is 0 Å². The third kappa shape index (κ3) is 3.72. The van der Waals surface area contributed by atoms with Gasteiger partial charge < -0.3 is 0 Å². The van der Waals surface area contributed by atoms with Gasteiger partial charge in [-0.05, 0) is 48.1 Å². The molecule has 3 rings (SSSR count). The average molecular weight is 398 g/mol. The SMILES string of the molecule is Cc1ccc2c(c1)CN(S(=O)(=O)c1cc(Cl)cc(Cl)c1)CCC2(C)C. The van der Waals surface area contributed by atoms with E-state index in [4.69, 9.17) is 23.2 Å². The van der Waals surface area contributed by atoms with Crippen molar-refractivity contribution in [2.45, 2.75) is 44.0 Å². The molecule has 0 unspecified atom stereocenters. The number of aryl methyl sites for hydroxylation is 1. The normalized spacial score (nSPS) is 17.8. The van der Waals surface area contributed by atoms with Crippen molar-refractivity contribution in [3.05, 3.63) is 63.1 Å². The van der Waals surface area contributed by atoms with E-state index in [0.717, 1.165) is 17.5 Å². The second kappa shape index (κ2) is 6.58. The first-order valence-corrected chi connectivity index (χ1v) is 10.4. The maximum atomic E-state index is 13.2. The molecule has 2 aromatic rings. The van der Waals surface area contributed by atoms with E-state index >= 15 is 0 Å². The van der Waals surface area contributed by atoms with E-state index in [-0.39, 0.29) is 10.3 Å². The lowest BCUT2D eigenvalue weighted by atomic mass is 9.79. The first-order valence-electron chi connectivity index (χ1n) is 8.16. The van der Waals surface area contributed by atoms with Gasteiger partial charge in [-0.2, -0.15) is 4.31 Å². The van der Waals surface area contributed by atoms with Crippen LogP contribution in [-0.4, -0.2) is 19.3 Å². The lowest BCUT2D eigenvalue weighted by molar-refractivity contribution is 0.375. The number of fused-ring (bicyclic) bond motifs is 1. The van der Waals surface area contributed by atoms with Crippen LogP contribution in [0.15, 0.2) is 41.3 Å². The second-order valence-corrected chi connectivity index (χ2v) is 10.0. The van der Waals surface area contributed by atoms with Crippen LogP contribution in [0, 0.1) is 6.92 Å². The highest BCUT2D eigenvalue weighted by molar-refractivity contribution is 7.89. The molecule has 134 valence electrons. The third-order valence-electron chi connectivity index (χ3n) is 4.80. The summed E-state index contributed by atoms with van der Waals surface area (Å²) in [6.45, 7) is 7.15. The number of rotatable bonds is 2. The van der Waals surface area contributed by atoms with Crippen LogP contribution in [0.25, 0.3) is 0 Å². The molecule has 0 saturated carbocycles. The molecule has 2 aromatic carbocycles. The lowest BCUT2D eigenvalue weighted by Crippen LogP contribution is -2.31. The monoisotopic (exact) mass is 397 g/mol. The van der Waals surface area contributed by atoms with Crippen molar-refractivity contribution >= 4 is 33.2 Å². The van der Waals surface area contributed by atoms with Gasteiger partial charge >= 0.3 is 0 Å². The van der Waals surface area contributed by atoms with E-state index in [1.54, 1.807) is 0 Å². The van der Waals surface area contributed by atoms with Crippen molar-refractivity contribution in [3.63, 3.8) is 0 Å². The number of sulfonamides is 1. The Bertz CT molecular complexity index is 903. The van der Waals surface area contributed by atoms with Gasteiger partial charge in [0.2, 0.25) is 10.0 Å². The molecule has 0 spiro atoms. The molecule has 0 fully saturated rings. The van der Waals surface area contributed by atoms with Crippen LogP contribution in [-0.2, 0) is 22.0 Å². The quantitative estimate of drug-likeness (QED) is 0.700. The van der Waals surface area contributed by atoms with Gasteiger partial charge in [0, 0.05) is 23.1 Å². The van der Waals surface area contributed by atoms with Gasteiger partial charge in [0.05, 0.1) is 4.90 Å². The minimum absolute atomic E-state index is 0.0840. The number of hydrogen-bond donors (Lipinski definition) is 0. The zero-order valence-corrected chi connectivity index (χ0v) is 16.8. The molecular formula is C19H21Cl2NO2S. The third-order valence-corrected chi connectivity index (χ3v) is 7.06. The molecule has 0 bridgehead atoms. The fraction of sp³-hybridized carbons (Fsp3) is 0.368. The van der Waals surface area contributed by atoms with Gasteiger partial charge in [0.15, 0.2) is 0 Å². The van der Waals surface area contributed by atoms with Crippen molar-refractivity contribution in [3.8, 4) is 0 Å². The molecule has 0 saturated heterocycles. The number of hydrogen-bond acceptors (Lipinski definition) is 2. The lowest BCUT2D eigenvalue weighted by Gasteiger charge is -2.25. The van der Waals surface area contributed by atoms with E-state index in [9.17, 15) is 8.42 Å². The minimum Gasteiger partial charge on any atom is -0.207 e. The summed E-state index contributed by atoms with van der Waals surface area (Å²) < 4.78 is 27.8. The topological polar surface area (TPSA) is 37.4 Å². The van der Waals surface area contributed by atoms with E-state index < -0.39 is 10.0 Å². The Labute approximate surface area is 159 Å². The highest BCUT2D eigenvalue weighted by Gasteiger charge is 2.34. The molecular weight excluding hydrogens is 377 g/mol. The minimum atomic E-state index is -3.67. The Kier molecular flexibility index (Phi) is 4.93. The molecule has 0 radical (unpaired) electrons. The summed E-state index contributed by atoms with van der Waals surface area (Å²) in [6, 6.07) is 10.7. The molecule has 0 atom stereocenters. The van der Waals surface area contributed by atoms with Crippen LogP contribution in [0.4, 0.5) is 0 Å². The molecule has 0 N–H and O–H groups in total. The van der Waals surface area contributed by atoms with Crippen LogP contribution in [0.1, 0.15) is 37.0 Å². The molecule has 0 aromatic heterocycles. The summed E-state index contributed by atoms with van der Waals surface area (Å²) in [6.07, 6.45) is 0.747. The van der Waals surface area contributed by atoms with E-state index in [1.165, 1.54) is 28.1 Å². The largest absolute Gasteiger partial charge is 0.243 e. The second-order valence-electron chi connectivity index (χ2n) is 7.24. The fourth-order valence-corrected chi connectivity index (χ4v) is 5.50. The first-order chi connectivity index (χ1) is 11.6. The molecule has 6 heteroatoms. The van der Waals surface area contributed by atoms with Crippen LogP contribution in [0.3, 0.4) is 0 Å². The summed E-state index contributed by atoms with van der Waals surface area (Å²) in [4.78, 5) is 0.138. The molecule has 1 aliphatic rings. The first kappa shape index (κ1) is 18.7. The molecule has 0 amide bonds. The van der Waals surface area contributed by atoms with Crippen molar-refractivity contribution in [1.82, 2.24) is 4.31 Å². The van der Waals surface area contributed by atoms with Gasteiger partial charge in [-0.15, -0.1) is 0 Å². The maximum Gasteiger partial charge on any atom is 0.243 e. The fourth-order valence-electron chi connectivity index (χ4n) is 3.35. The summed E-state index contributed by atoms with van der Waals surface area (Å²) in [7, 11) is -3.67. The Morgan fingerprint density at radius 3 is 2.32 bits per heavy atom. The van der Waals surface area contributed by atoms with Gasteiger partial charge in [-0.25, -0.2) is 8.42 Å². The Hall–Kier alpha value is -1.07. The van der Waals surface area contributed by atoms with Gasteiger partial charge in [0.25, 0.3) is 0 Å². The molecule has 25 heavy (non-hydrogen) atoms. The van der Waals surface area contributed by atoms with Crippen LogP contribution < -0.4 is 0 Å². The van der Waals surface area contributed by atoms with E-state index in [1.807, 2.05) is 6.92 Å². The van der Waals surface area contributed by atoms with Crippen molar-refractivity contribution in [2.24, 2.45) is 0 Å². The number of benzene rings is 2. The van der Waals surface area contributed by atoms with Crippen LogP contribution in [0.5, 0.6) is 0 Å². The smallest absolute Gasteiger partial charge is 0.207 e. The molecule has 1 aliphatic heterocycles. The van der Waals surface area contributed by atoms with Crippen LogP contribution >= 0.6 is 23.2 Å². The zero-order chi connectivity index (χ0) is 18.4. The predicted octanol–water partition coefficient (Wildman–Crippen LogP) is 5.17. The van der Waals surface area contributed by atoms with Crippen molar-refractivity contribution < 1.29 is 8.42 Å². The Morgan fingerprint density at radius 2 is 1.68 bits per heavy atom.